The fourth-order valence-corrected chi connectivity index (χ4v) is 3.31. The number of halogens is 1. The summed E-state index contributed by atoms with van der Waals surface area (Å²) in [5.74, 6) is 0.0551. The number of nitrogens with zero attached hydrogens (tertiary/aromatic N) is 1. The third-order valence-corrected chi connectivity index (χ3v) is 4.38. The van der Waals surface area contributed by atoms with Gasteiger partial charge in [-0.2, -0.15) is 0 Å². The van der Waals surface area contributed by atoms with Crippen LogP contribution in [0.1, 0.15) is 18.1 Å². The first kappa shape index (κ1) is 15.5. The van der Waals surface area contributed by atoms with Crippen LogP contribution in [0, 0.1) is 13.8 Å². The molecule has 1 aromatic rings. The first-order chi connectivity index (χ1) is 9.49. The first-order valence-electron chi connectivity index (χ1n) is 7.01. The van der Waals surface area contributed by atoms with E-state index in [1.807, 2.05) is 26.8 Å². The SMILES string of the molecule is Cc1cc(C)c(NC(=O)C(C)N2CCNCC2)c(Br)c1. The molecule has 4 nitrogen and oxygen atoms in total. The number of aryl methyl sites for hydroxylation is 2. The van der Waals surface area contributed by atoms with Crippen LogP contribution in [0.3, 0.4) is 0 Å². The van der Waals surface area contributed by atoms with Gasteiger partial charge in [-0.1, -0.05) is 6.07 Å². The van der Waals surface area contributed by atoms with Gasteiger partial charge in [0.05, 0.1) is 11.7 Å². The smallest absolute Gasteiger partial charge is 0.241 e. The van der Waals surface area contributed by atoms with Crippen LogP contribution >= 0.6 is 15.9 Å². The quantitative estimate of drug-likeness (QED) is 0.888. The maximum absolute atomic E-state index is 12.4. The van der Waals surface area contributed by atoms with Crippen LogP contribution in [0.25, 0.3) is 0 Å². The molecule has 1 aromatic carbocycles. The Bertz CT molecular complexity index is 475. The Hall–Kier alpha value is -0.910. The fraction of sp³-hybridized carbons (Fsp3) is 0.533. The van der Waals surface area contributed by atoms with E-state index in [4.69, 9.17) is 0 Å². The largest absolute Gasteiger partial charge is 0.323 e. The van der Waals surface area contributed by atoms with Gasteiger partial charge >= 0.3 is 0 Å². The second-order valence-corrected chi connectivity index (χ2v) is 6.24. The van der Waals surface area contributed by atoms with Crippen LogP contribution < -0.4 is 10.6 Å². The second-order valence-electron chi connectivity index (χ2n) is 5.39. The molecule has 1 saturated heterocycles. The van der Waals surface area contributed by atoms with Gasteiger partial charge in [0.1, 0.15) is 0 Å². The molecule has 0 bridgehead atoms. The molecule has 0 aliphatic carbocycles. The third-order valence-electron chi connectivity index (χ3n) is 3.76. The lowest BCUT2D eigenvalue weighted by Crippen LogP contribution is -2.51. The van der Waals surface area contributed by atoms with Gasteiger partial charge < -0.3 is 10.6 Å². The predicted octanol–water partition coefficient (Wildman–Crippen LogP) is 2.30. The molecule has 5 heteroatoms. The lowest BCUT2D eigenvalue weighted by Gasteiger charge is -2.32. The molecule has 0 radical (unpaired) electrons. The summed E-state index contributed by atoms with van der Waals surface area (Å²) in [6.07, 6.45) is 0. The van der Waals surface area contributed by atoms with Crippen LogP contribution in [0.5, 0.6) is 0 Å². The fourth-order valence-electron chi connectivity index (χ4n) is 2.54. The Balaban J connectivity index is 2.07. The molecule has 20 heavy (non-hydrogen) atoms. The Labute approximate surface area is 129 Å². The minimum Gasteiger partial charge on any atom is -0.323 e. The number of hydrogen-bond acceptors (Lipinski definition) is 3. The zero-order valence-electron chi connectivity index (χ0n) is 12.3. The Kier molecular flexibility index (Phi) is 5.18. The van der Waals surface area contributed by atoms with E-state index in [0.717, 1.165) is 41.9 Å². The van der Waals surface area contributed by atoms with Crippen molar-refractivity contribution in [3.05, 3.63) is 27.7 Å². The molecule has 1 unspecified atom stereocenters. The van der Waals surface area contributed by atoms with E-state index >= 15 is 0 Å². The summed E-state index contributed by atoms with van der Waals surface area (Å²) in [6, 6.07) is 4.00. The van der Waals surface area contributed by atoms with Crippen molar-refractivity contribution in [1.29, 1.82) is 0 Å². The van der Waals surface area contributed by atoms with Crippen molar-refractivity contribution < 1.29 is 4.79 Å². The Morgan fingerprint density at radius 3 is 2.60 bits per heavy atom. The predicted molar refractivity (Wildman–Crippen MR) is 86.2 cm³/mol. The first-order valence-corrected chi connectivity index (χ1v) is 7.80. The van der Waals surface area contributed by atoms with Crippen molar-refractivity contribution in [3.63, 3.8) is 0 Å². The average molecular weight is 340 g/mol. The van der Waals surface area contributed by atoms with E-state index in [-0.39, 0.29) is 11.9 Å². The van der Waals surface area contributed by atoms with Crippen LogP contribution in [0.15, 0.2) is 16.6 Å². The van der Waals surface area contributed by atoms with E-state index in [2.05, 4.69) is 37.5 Å². The van der Waals surface area contributed by atoms with Gasteiger partial charge in [-0.15, -0.1) is 0 Å². The lowest BCUT2D eigenvalue weighted by atomic mass is 10.1. The van der Waals surface area contributed by atoms with Crippen molar-refractivity contribution in [2.24, 2.45) is 0 Å². The number of hydrogen-bond donors (Lipinski definition) is 2. The molecule has 2 rings (SSSR count). The number of nitrogens with one attached hydrogen (secondary N) is 2. The van der Waals surface area contributed by atoms with E-state index in [1.165, 1.54) is 5.56 Å². The maximum Gasteiger partial charge on any atom is 0.241 e. The third kappa shape index (κ3) is 3.59. The van der Waals surface area contributed by atoms with Crippen molar-refractivity contribution in [1.82, 2.24) is 10.2 Å². The van der Waals surface area contributed by atoms with Crippen LogP contribution in [-0.4, -0.2) is 43.0 Å². The number of carbonyl (C=O) groups is 1. The van der Waals surface area contributed by atoms with Gasteiger partial charge in [0.2, 0.25) is 5.91 Å². The number of amides is 1. The highest BCUT2D eigenvalue weighted by Gasteiger charge is 2.23. The molecule has 1 amide bonds. The molecule has 0 saturated carbocycles. The molecule has 110 valence electrons. The van der Waals surface area contributed by atoms with Gasteiger partial charge in [-0.25, -0.2) is 0 Å². The monoisotopic (exact) mass is 339 g/mol. The van der Waals surface area contributed by atoms with Crippen LogP contribution in [0.2, 0.25) is 0 Å². The minimum atomic E-state index is -0.107. The molecule has 2 N–H and O–H groups in total. The highest BCUT2D eigenvalue weighted by atomic mass is 79.9. The molecule has 1 aliphatic rings. The normalized spacial score (nSPS) is 17.8. The van der Waals surface area contributed by atoms with Crippen LogP contribution in [-0.2, 0) is 4.79 Å². The van der Waals surface area contributed by atoms with Crippen molar-refractivity contribution >= 4 is 27.5 Å². The molecule has 1 aliphatic heterocycles. The molecule has 1 atom stereocenters. The van der Waals surface area contributed by atoms with E-state index in [1.54, 1.807) is 0 Å². The molecule has 0 spiro atoms. The average Bonchev–Trinajstić information content (AvgIpc) is 2.42. The summed E-state index contributed by atoms with van der Waals surface area (Å²) in [4.78, 5) is 14.6. The number of piperazine rings is 1. The summed E-state index contributed by atoms with van der Waals surface area (Å²) in [5.41, 5.74) is 3.14. The van der Waals surface area contributed by atoms with Crippen molar-refractivity contribution in [3.8, 4) is 0 Å². The molecule has 1 heterocycles. The summed E-state index contributed by atoms with van der Waals surface area (Å²) in [5, 5.41) is 6.36. The number of rotatable bonds is 3. The molecule has 1 fully saturated rings. The van der Waals surface area contributed by atoms with Gasteiger partial charge in [0.25, 0.3) is 0 Å². The van der Waals surface area contributed by atoms with E-state index in [9.17, 15) is 4.79 Å². The second kappa shape index (κ2) is 6.70. The highest BCUT2D eigenvalue weighted by molar-refractivity contribution is 9.10. The van der Waals surface area contributed by atoms with Gasteiger partial charge in [-0.05, 0) is 53.9 Å². The maximum atomic E-state index is 12.4. The van der Waals surface area contributed by atoms with E-state index < -0.39 is 0 Å². The van der Waals surface area contributed by atoms with Gasteiger partial charge in [0.15, 0.2) is 0 Å². The summed E-state index contributed by atoms with van der Waals surface area (Å²) in [7, 11) is 0. The molecular weight excluding hydrogens is 318 g/mol. The van der Waals surface area contributed by atoms with Crippen LogP contribution in [0.4, 0.5) is 5.69 Å². The van der Waals surface area contributed by atoms with E-state index in [0.29, 0.717) is 0 Å². The Morgan fingerprint density at radius 2 is 2.00 bits per heavy atom. The highest BCUT2D eigenvalue weighted by Crippen LogP contribution is 2.28. The topological polar surface area (TPSA) is 44.4 Å². The zero-order valence-corrected chi connectivity index (χ0v) is 13.9. The summed E-state index contributed by atoms with van der Waals surface area (Å²) >= 11 is 3.53. The Morgan fingerprint density at radius 1 is 1.35 bits per heavy atom. The standard InChI is InChI=1S/C15H22BrN3O/c1-10-8-11(2)14(13(16)9-10)18-15(20)12(3)19-6-4-17-5-7-19/h8-9,12,17H,4-7H2,1-3H3,(H,18,20). The lowest BCUT2D eigenvalue weighted by molar-refractivity contribution is -0.121. The van der Waals surface area contributed by atoms with Crippen molar-refractivity contribution in [2.45, 2.75) is 26.8 Å². The van der Waals surface area contributed by atoms with Gasteiger partial charge in [-0.3, -0.25) is 9.69 Å². The van der Waals surface area contributed by atoms with Gasteiger partial charge in [0, 0.05) is 30.7 Å². The minimum absolute atomic E-state index is 0.0551. The molecular formula is C15H22BrN3O. The molecule has 0 aromatic heterocycles. The van der Waals surface area contributed by atoms with Crippen molar-refractivity contribution in [2.75, 3.05) is 31.5 Å². The summed E-state index contributed by atoms with van der Waals surface area (Å²) < 4.78 is 0.941. The summed E-state index contributed by atoms with van der Waals surface area (Å²) in [6.45, 7) is 9.77. The number of carbonyl (C=O) groups excluding carboxylic acids is 1. The zero-order chi connectivity index (χ0) is 14.7. The number of benzene rings is 1. The number of anilines is 1.